The Morgan fingerprint density at radius 3 is 2.38 bits per heavy atom. The molecule has 0 fully saturated rings. The smallest absolute Gasteiger partial charge is 0.245 e. The van der Waals surface area contributed by atoms with Gasteiger partial charge >= 0.3 is 0 Å². The molecule has 1 aromatic heterocycles. The molecular formula is C14H17ClN2O2S2. The van der Waals surface area contributed by atoms with E-state index in [0.29, 0.717) is 15.6 Å². The second kappa shape index (κ2) is 5.96. The third-order valence-electron chi connectivity index (χ3n) is 3.29. The molecule has 0 amide bonds. The number of nitrogens with two attached hydrogens (primary N) is 1. The summed E-state index contributed by atoms with van der Waals surface area (Å²) in [5.41, 5.74) is 7.70. The lowest BCUT2D eigenvalue weighted by Gasteiger charge is -2.20. The van der Waals surface area contributed by atoms with E-state index < -0.39 is 10.0 Å². The molecule has 0 spiro atoms. The zero-order valence-corrected chi connectivity index (χ0v) is 14.4. The molecule has 0 unspecified atom stereocenters. The molecule has 2 aromatic rings. The predicted octanol–water partition coefficient (Wildman–Crippen LogP) is 3.42. The number of sulfonamides is 1. The highest BCUT2D eigenvalue weighted by molar-refractivity contribution is 7.89. The van der Waals surface area contributed by atoms with Gasteiger partial charge in [-0.05, 0) is 37.1 Å². The number of nitrogen functional groups attached to an aromatic ring is 1. The van der Waals surface area contributed by atoms with E-state index in [4.69, 9.17) is 17.3 Å². The summed E-state index contributed by atoms with van der Waals surface area (Å²) in [5.74, 6) is 0. The Kier molecular flexibility index (Phi) is 4.63. The Morgan fingerprint density at radius 2 is 1.81 bits per heavy atom. The minimum atomic E-state index is -3.64. The van der Waals surface area contributed by atoms with Gasteiger partial charge in [0.1, 0.15) is 4.90 Å². The fourth-order valence-corrected chi connectivity index (χ4v) is 4.80. The third kappa shape index (κ3) is 3.23. The van der Waals surface area contributed by atoms with Crippen molar-refractivity contribution in [2.75, 3.05) is 12.8 Å². The lowest BCUT2D eigenvalue weighted by molar-refractivity contribution is 0.469. The first-order chi connectivity index (χ1) is 9.73. The normalized spacial score (nSPS) is 12.0. The number of anilines is 1. The minimum absolute atomic E-state index is 0.188. The van der Waals surface area contributed by atoms with Crippen molar-refractivity contribution in [3.05, 3.63) is 44.6 Å². The molecule has 0 aliphatic heterocycles. The van der Waals surface area contributed by atoms with E-state index in [-0.39, 0.29) is 11.4 Å². The number of aryl methyl sites for hydroxylation is 2. The van der Waals surface area contributed by atoms with Crippen LogP contribution in [0.3, 0.4) is 0 Å². The SMILES string of the molecule is Cc1ccc(C)c(S(=O)(=O)N(C)Cc2ccc(Cl)s2)c1N. The molecule has 4 nitrogen and oxygen atoms in total. The van der Waals surface area contributed by atoms with Crippen molar-refractivity contribution in [1.29, 1.82) is 0 Å². The number of hydrogen-bond donors (Lipinski definition) is 1. The van der Waals surface area contributed by atoms with E-state index in [1.807, 2.05) is 12.1 Å². The molecule has 0 aliphatic carbocycles. The lowest BCUT2D eigenvalue weighted by atomic mass is 10.1. The fraction of sp³-hybridized carbons (Fsp3) is 0.286. The molecule has 0 saturated heterocycles. The van der Waals surface area contributed by atoms with Gasteiger partial charge in [0.2, 0.25) is 10.0 Å². The molecule has 0 atom stereocenters. The van der Waals surface area contributed by atoms with Gasteiger partial charge in [-0.1, -0.05) is 23.7 Å². The van der Waals surface area contributed by atoms with Gasteiger partial charge in [0.25, 0.3) is 0 Å². The average Bonchev–Trinajstić information content (AvgIpc) is 2.79. The first-order valence-electron chi connectivity index (χ1n) is 6.29. The van der Waals surface area contributed by atoms with Crippen LogP contribution in [0.25, 0.3) is 0 Å². The summed E-state index contributed by atoms with van der Waals surface area (Å²) in [6.07, 6.45) is 0. The van der Waals surface area contributed by atoms with Crippen LogP contribution >= 0.6 is 22.9 Å². The zero-order chi connectivity index (χ0) is 15.8. The summed E-state index contributed by atoms with van der Waals surface area (Å²) in [5, 5.41) is 0. The van der Waals surface area contributed by atoms with Crippen LogP contribution in [0.4, 0.5) is 5.69 Å². The Hall–Kier alpha value is -1.08. The van der Waals surface area contributed by atoms with Crippen LogP contribution in [0.1, 0.15) is 16.0 Å². The zero-order valence-electron chi connectivity index (χ0n) is 12.1. The topological polar surface area (TPSA) is 63.4 Å². The Labute approximate surface area is 134 Å². The van der Waals surface area contributed by atoms with E-state index in [2.05, 4.69) is 0 Å². The number of halogens is 1. The molecule has 2 rings (SSSR count). The first-order valence-corrected chi connectivity index (χ1v) is 8.93. The number of thiophene rings is 1. The maximum atomic E-state index is 12.8. The molecule has 0 radical (unpaired) electrons. The van der Waals surface area contributed by atoms with Gasteiger partial charge < -0.3 is 5.73 Å². The molecule has 2 N–H and O–H groups in total. The highest BCUT2D eigenvalue weighted by Gasteiger charge is 2.26. The second-order valence-electron chi connectivity index (χ2n) is 4.91. The van der Waals surface area contributed by atoms with Gasteiger partial charge in [0, 0.05) is 18.5 Å². The van der Waals surface area contributed by atoms with Crippen molar-refractivity contribution in [2.24, 2.45) is 0 Å². The number of benzene rings is 1. The van der Waals surface area contributed by atoms with Crippen LogP contribution < -0.4 is 5.73 Å². The van der Waals surface area contributed by atoms with Crippen LogP contribution in [-0.4, -0.2) is 19.8 Å². The number of hydrogen-bond acceptors (Lipinski definition) is 4. The summed E-state index contributed by atoms with van der Waals surface area (Å²) in [6.45, 7) is 3.82. The molecule has 1 aromatic carbocycles. The fourth-order valence-electron chi connectivity index (χ4n) is 2.05. The largest absolute Gasteiger partial charge is 0.397 e. The van der Waals surface area contributed by atoms with E-state index in [9.17, 15) is 8.42 Å². The van der Waals surface area contributed by atoms with Crippen molar-refractivity contribution in [3.8, 4) is 0 Å². The summed E-state index contributed by atoms with van der Waals surface area (Å²) in [7, 11) is -2.09. The number of nitrogens with zero attached hydrogens (tertiary/aromatic N) is 1. The maximum absolute atomic E-state index is 12.8. The Morgan fingerprint density at radius 1 is 1.19 bits per heavy atom. The molecule has 0 saturated carbocycles. The summed E-state index contributed by atoms with van der Waals surface area (Å²) in [4.78, 5) is 1.07. The first kappa shape index (κ1) is 16.3. The molecular weight excluding hydrogens is 328 g/mol. The van der Waals surface area contributed by atoms with Gasteiger partial charge in [-0.2, -0.15) is 4.31 Å². The van der Waals surface area contributed by atoms with Crippen LogP contribution in [-0.2, 0) is 16.6 Å². The van der Waals surface area contributed by atoms with E-state index in [0.717, 1.165) is 10.4 Å². The van der Waals surface area contributed by atoms with Gasteiger partial charge in [0.05, 0.1) is 10.0 Å². The molecule has 0 bridgehead atoms. The molecule has 114 valence electrons. The minimum Gasteiger partial charge on any atom is -0.397 e. The van der Waals surface area contributed by atoms with Crippen molar-refractivity contribution in [2.45, 2.75) is 25.3 Å². The van der Waals surface area contributed by atoms with Crippen LogP contribution in [0, 0.1) is 13.8 Å². The van der Waals surface area contributed by atoms with Gasteiger partial charge in [0.15, 0.2) is 0 Å². The Bertz CT molecular complexity index is 769. The van der Waals surface area contributed by atoms with Crippen LogP contribution in [0.5, 0.6) is 0 Å². The lowest BCUT2D eigenvalue weighted by Crippen LogP contribution is -2.27. The van der Waals surface area contributed by atoms with E-state index >= 15 is 0 Å². The van der Waals surface area contributed by atoms with Gasteiger partial charge in [-0.25, -0.2) is 8.42 Å². The van der Waals surface area contributed by atoms with Crippen molar-refractivity contribution in [1.82, 2.24) is 4.31 Å². The number of rotatable bonds is 4. The summed E-state index contributed by atoms with van der Waals surface area (Å²) in [6, 6.07) is 7.18. The van der Waals surface area contributed by atoms with Crippen LogP contribution in [0.15, 0.2) is 29.2 Å². The maximum Gasteiger partial charge on any atom is 0.245 e. The standard InChI is InChI=1S/C14H17ClN2O2S2/c1-9-4-5-10(2)14(13(9)16)21(18,19)17(3)8-11-6-7-12(15)20-11/h4-7H,8,16H2,1-3H3. The van der Waals surface area contributed by atoms with Crippen molar-refractivity contribution >= 4 is 38.6 Å². The molecule has 7 heteroatoms. The van der Waals surface area contributed by atoms with Gasteiger partial charge in [-0.3, -0.25) is 0 Å². The van der Waals surface area contributed by atoms with Crippen molar-refractivity contribution in [3.63, 3.8) is 0 Å². The van der Waals surface area contributed by atoms with E-state index in [1.54, 1.807) is 33.0 Å². The summed E-state index contributed by atoms with van der Waals surface area (Å²) >= 11 is 7.24. The van der Waals surface area contributed by atoms with E-state index in [1.165, 1.54) is 15.6 Å². The quantitative estimate of drug-likeness (QED) is 0.864. The predicted molar refractivity (Wildman–Crippen MR) is 88.3 cm³/mol. The monoisotopic (exact) mass is 344 g/mol. The second-order valence-corrected chi connectivity index (χ2v) is 8.69. The average molecular weight is 345 g/mol. The highest BCUT2D eigenvalue weighted by Crippen LogP contribution is 2.30. The van der Waals surface area contributed by atoms with Crippen LogP contribution in [0.2, 0.25) is 4.34 Å². The Balaban J connectivity index is 2.40. The van der Waals surface area contributed by atoms with Crippen molar-refractivity contribution < 1.29 is 8.42 Å². The molecule has 21 heavy (non-hydrogen) atoms. The molecule has 0 aliphatic rings. The third-order valence-corrected chi connectivity index (χ3v) is 6.51. The highest BCUT2D eigenvalue weighted by atomic mass is 35.5. The summed E-state index contributed by atoms with van der Waals surface area (Å²) < 4.78 is 27.4. The molecule has 1 heterocycles. The van der Waals surface area contributed by atoms with Gasteiger partial charge in [-0.15, -0.1) is 11.3 Å².